The summed E-state index contributed by atoms with van der Waals surface area (Å²) < 4.78 is 14.8. The molecule has 1 aromatic heterocycles. The molecule has 4 nitrogen and oxygen atoms in total. The van der Waals surface area contributed by atoms with Crippen molar-refractivity contribution < 1.29 is 9.50 Å². The number of aromatic hydroxyl groups is 1. The molecule has 0 amide bonds. The smallest absolute Gasteiger partial charge is 0.270 e. The van der Waals surface area contributed by atoms with Crippen LogP contribution in [0.3, 0.4) is 0 Å². The fourth-order valence-electron chi connectivity index (χ4n) is 3.98. The van der Waals surface area contributed by atoms with Crippen LogP contribution in [-0.2, 0) is 25.8 Å². The lowest BCUT2D eigenvalue weighted by Crippen LogP contribution is -2.29. The maximum atomic E-state index is 13.5. The molecule has 0 fully saturated rings. The molecule has 0 aliphatic carbocycles. The Kier molecular flexibility index (Phi) is 6.45. The Labute approximate surface area is 186 Å². The van der Waals surface area contributed by atoms with Gasteiger partial charge in [0.15, 0.2) is 0 Å². The van der Waals surface area contributed by atoms with Crippen LogP contribution >= 0.6 is 0 Å². The molecule has 0 saturated carbocycles. The van der Waals surface area contributed by atoms with Gasteiger partial charge < -0.3 is 5.11 Å². The standard InChI is InChI=1S/C27H25FN2O2/c1-19-26(23-9-5-6-10-25(23)31)24(16-13-21-11-14-22(28)15-12-21)27(32)30(29-19)18-17-20-7-3-2-4-8-20/h2-12,14-15,31H,13,16-18H2,1H3. The van der Waals surface area contributed by atoms with Gasteiger partial charge in [0.25, 0.3) is 5.56 Å². The molecule has 32 heavy (non-hydrogen) atoms. The average molecular weight is 429 g/mol. The Morgan fingerprint density at radius 3 is 2.22 bits per heavy atom. The van der Waals surface area contributed by atoms with Gasteiger partial charge in [-0.25, -0.2) is 9.07 Å². The molecule has 0 radical (unpaired) electrons. The highest BCUT2D eigenvalue weighted by atomic mass is 19.1. The van der Waals surface area contributed by atoms with Crippen LogP contribution < -0.4 is 5.56 Å². The summed E-state index contributed by atoms with van der Waals surface area (Å²) in [4.78, 5) is 13.5. The molecule has 0 unspecified atom stereocenters. The first-order chi connectivity index (χ1) is 15.5. The summed E-state index contributed by atoms with van der Waals surface area (Å²) in [6.45, 7) is 2.33. The third-order valence-electron chi connectivity index (χ3n) is 5.63. The summed E-state index contributed by atoms with van der Waals surface area (Å²) in [5.41, 5.74) is 4.48. The van der Waals surface area contributed by atoms with Gasteiger partial charge >= 0.3 is 0 Å². The highest BCUT2D eigenvalue weighted by molar-refractivity contribution is 5.74. The molecule has 0 spiro atoms. The second-order valence-corrected chi connectivity index (χ2v) is 7.85. The monoisotopic (exact) mass is 428 g/mol. The predicted octanol–water partition coefficient (Wildman–Crippen LogP) is 5.09. The largest absolute Gasteiger partial charge is 0.507 e. The maximum absolute atomic E-state index is 13.5. The molecule has 0 aliphatic rings. The topological polar surface area (TPSA) is 55.1 Å². The molecule has 1 heterocycles. The Hall–Kier alpha value is -3.73. The van der Waals surface area contributed by atoms with Crippen molar-refractivity contribution in [3.63, 3.8) is 0 Å². The van der Waals surface area contributed by atoms with Crippen LogP contribution in [0.1, 0.15) is 22.4 Å². The Morgan fingerprint density at radius 2 is 1.50 bits per heavy atom. The fourth-order valence-corrected chi connectivity index (χ4v) is 3.98. The van der Waals surface area contributed by atoms with Crippen molar-refractivity contribution in [3.05, 3.63) is 117 Å². The third-order valence-corrected chi connectivity index (χ3v) is 5.63. The number of hydrogen-bond acceptors (Lipinski definition) is 3. The average Bonchev–Trinajstić information content (AvgIpc) is 2.81. The SMILES string of the molecule is Cc1nn(CCc2ccccc2)c(=O)c(CCc2ccc(F)cc2)c1-c1ccccc1O. The van der Waals surface area contributed by atoms with E-state index >= 15 is 0 Å². The summed E-state index contributed by atoms with van der Waals surface area (Å²) in [5.74, 6) is -0.173. The van der Waals surface area contributed by atoms with E-state index in [-0.39, 0.29) is 17.1 Å². The van der Waals surface area contributed by atoms with E-state index in [1.54, 1.807) is 30.3 Å². The normalized spacial score (nSPS) is 10.9. The number of aromatic nitrogens is 2. The first kappa shape index (κ1) is 21.5. The molecule has 4 aromatic rings. The zero-order valence-corrected chi connectivity index (χ0v) is 18.0. The van der Waals surface area contributed by atoms with Gasteiger partial charge in [-0.05, 0) is 55.5 Å². The van der Waals surface area contributed by atoms with Gasteiger partial charge in [-0.15, -0.1) is 0 Å². The van der Waals surface area contributed by atoms with E-state index in [0.717, 1.165) is 11.1 Å². The number of phenols is 1. The van der Waals surface area contributed by atoms with Gasteiger partial charge in [-0.2, -0.15) is 5.10 Å². The zero-order chi connectivity index (χ0) is 22.5. The van der Waals surface area contributed by atoms with E-state index < -0.39 is 0 Å². The van der Waals surface area contributed by atoms with E-state index in [2.05, 4.69) is 5.10 Å². The number of para-hydroxylation sites is 1. The molecule has 162 valence electrons. The van der Waals surface area contributed by atoms with Crippen LogP contribution in [0.2, 0.25) is 0 Å². The second-order valence-electron chi connectivity index (χ2n) is 7.85. The van der Waals surface area contributed by atoms with E-state index in [0.29, 0.717) is 48.2 Å². The number of benzene rings is 3. The number of halogens is 1. The van der Waals surface area contributed by atoms with Crippen molar-refractivity contribution in [3.8, 4) is 16.9 Å². The quantitative estimate of drug-likeness (QED) is 0.446. The van der Waals surface area contributed by atoms with Crippen molar-refractivity contribution in [2.24, 2.45) is 0 Å². The van der Waals surface area contributed by atoms with Crippen molar-refractivity contribution in [1.82, 2.24) is 9.78 Å². The number of nitrogens with zero attached hydrogens (tertiary/aromatic N) is 2. The molecule has 0 aliphatic heterocycles. The van der Waals surface area contributed by atoms with Crippen LogP contribution in [-0.4, -0.2) is 14.9 Å². The molecule has 0 atom stereocenters. The first-order valence-electron chi connectivity index (χ1n) is 10.7. The van der Waals surface area contributed by atoms with Crippen LogP contribution in [0.15, 0.2) is 83.7 Å². The molecule has 1 N–H and O–H groups in total. The Morgan fingerprint density at radius 1 is 0.844 bits per heavy atom. The summed E-state index contributed by atoms with van der Waals surface area (Å²) in [6, 6.07) is 23.3. The number of aryl methyl sites for hydroxylation is 4. The van der Waals surface area contributed by atoms with Gasteiger partial charge in [-0.3, -0.25) is 4.79 Å². The van der Waals surface area contributed by atoms with Gasteiger partial charge in [-0.1, -0.05) is 60.7 Å². The number of hydrogen-bond donors (Lipinski definition) is 1. The van der Waals surface area contributed by atoms with E-state index in [9.17, 15) is 14.3 Å². The first-order valence-corrected chi connectivity index (χ1v) is 10.7. The second kappa shape index (κ2) is 9.60. The third kappa shape index (κ3) is 4.78. The van der Waals surface area contributed by atoms with Crippen molar-refractivity contribution in [1.29, 1.82) is 0 Å². The van der Waals surface area contributed by atoms with Crippen LogP contribution in [0.25, 0.3) is 11.1 Å². The van der Waals surface area contributed by atoms with Crippen LogP contribution in [0.4, 0.5) is 4.39 Å². The molecular weight excluding hydrogens is 403 g/mol. The van der Waals surface area contributed by atoms with Crippen LogP contribution in [0, 0.1) is 12.7 Å². The van der Waals surface area contributed by atoms with Crippen LogP contribution in [0.5, 0.6) is 5.75 Å². The van der Waals surface area contributed by atoms with Crippen molar-refractivity contribution >= 4 is 0 Å². The minimum absolute atomic E-state index is 0.113. The zero-order valence-electron chi connectivity index (χ0n) is 18.0. The van der Waals surface area contributed by atoms with E-state index in [4.69, 9.17) is 0 Å². The highest BCUT2D eigenvalue weighted by Crippen LogP contribution is 2.32. The number of phenolic OH excluding ortho intramolecular Hbond substituents is 1. The van der Waals surface area contributed by atoms with Gasteiger partial charge in [0.05, 0.1) is 5.69 Å². The highest BCUT2D eigenvalue weighted by Gasteiger charge is 2.19. The summed E-state index contributed by atoms with van der Waals surface area (Å²) >= 11 is 0. The molecule has 0 saturated heterocycles. The lowest BCUT2D eigenvalue weighted by molar-refractivity contribution is 0.477. The Balaban J connectivity index is 1.73. The minimum Gasteiger partial charge on any atom is -0.507 e. The molecule has 4 rings (SSSR count). The number of rotatable bonds is 7. The lowest BCUT2D eigenvalue weighted by atomic mass is 9.94. The van der Waals surface area contributed by atoms with Crippen molar-refractivity contribution in [2.45, 2.75) is 32.7 Å². The van der Waals surface area contributed by atoms with Gasteiger partial charge in [0.2, 0.25) is 0 Å². The van der Waals surface area contributed by atoms with E-state index in [1.165, 1.54) is 16.8 Å². The minimum atomic E-state index is -0.285. The molecule has 3 aromatic carbocycles. The summed E-state index contributed by atoms with van der Waals surface area (Å²) in [5, 5.41) is 15.0. The summed E-state index contributed by atoms with van der Waals surface area (Å²) in [6.07, 6.45) is 1.74. The van der Waals surface area contributed by atoms with Gasteiger partial charge in [0.1, 0.15) is 11.6 Å². The molecular formula is C27H25FN2O2. The predicted molar refractivity (Wildman–Crippen MR) is 124 cm³/mol. The summed E-state index contributed by atoms with van der Waals surface area (Å²) in [7, 11) is 0. The van der Waals surface area contributed by atoms with E-state index in [1.807, 2.05) is 43.3 Å². The van der Waals surface area contributed by atoms with Crippen molar-refractivity contribution in [2.75, 3.05) is 0 Å². The van der Waals surface area contributed by atoms with Gasteiger partial charge in [0, 0.05) is 23.2 Å². The Bertz CT molecular complexity index is 1270. The fraction of sp³-hybridized carbons (Fsp3) is 0.185. The molecule has 0 bridgehead atoms. The maximum Gasteiger partial charge on any atom is 0.270 e. The lowest BCUT2D eigenvalue weighted by Gasteiger charge is -2.16. The molecule has 5 heteroatoms.